The molecule has 1 aromatic rings. The lowest BCUT2D eigenvalue weighted by molar-refractivity contribution is -0.137. The van der Waals surface area contributed by atoms with Gasteiger partial charge in [-0.25, -0.2) is 4.79 Å². The number of rotatable bonds is 2. The number of thioether (sulfide) groups is 1. The van der Waals surface area contributed by atoms with Gasteiger partial charge in [-0.3, -0.25) is 4.99 Å². The number of carboxylic acid groups (broad SMARTS) is 1. The summed E-state index contributed by atoms with van der Waals surface area (Å²) in [6.07, 6.45) is 0. The molecule has 0 aliphatic carbocycles. The number of benzene rings is 1. The standard InChI is InChI=1S/C10H7BrClNO2S/c11-6-3-5(1-2-7(6)12)9-13-8(4-16-9)10(14)15/h1-3,8H,4H2,(H,14,15). The lowest BCUT2D eigenvalue weighted by Crippen LogP contribution is -2.17. The van der Waals surface area contributed by atoms with E-state index in [0.29, 0.717) is 10.8 Å². The van der Waals surface area contributed by atoms with Crippen LogP contribution in [0.1, 0.15) is 5.56 Å². The van der Waals surface area contributed by atoms with E-state index in [1.807, 2.05) is 12.1 Å². The number of aliphatic imine (C=N–C) groups is 1. The van der Waals surface area contributed by atoms with Gasteiger partial charge in [-0.2, -0.15) is 0 Å². The van der Waals surface area contributed by atoms with Gasteiger partial charge in [0.2, 0.25) is 0 Å². The van der Waals surface area contributed by atoms with Crippen LogP contribution in [0, 0.1) is 0 Å². The molecule has 1 unspecified atom stereocenters. The number of halogens is 2. The molecule has 1 aliphatic heterocycles. The third-order valence-electron chi connectivity index (χ3n) is 2.10. The number of nitrogens with zero attached hydrogens (tertiary/aromatic N) is 1. The van der Waals surface area contributed by atoms with E-state index < -0.39 is 12.0 Å². The molecule has 0 spiro atoms. The van der Waals surface area contributed by atoms with E-state index in [4.69, 9.17) is 16.7 Å². The van der Waals surface area contributed by atoms with Crippen LogP contribution in [0.5, 0.6) is 0 Å². The monoisotopic (exact) mass is 319 g/mol. The summed E-state index contributed by atoms with van der Waals surface area (Å²) >= 11 is 10.7. The maximum atomic E-state index is 10.7. The smallest absolute Gasteiger partial charge is 0.329 e. The SMILES string of the molecule is O=C(O)C1CSC(c2ccc(Cl)c(Br)c2)=N1. The van der Waals surface area contributed by atoms with Gasteiger partial charge in [0.05, 0.1) is 10.1 Å². The Morgan fingerprint density at radius 1 is 1.62 bits per heavy atom. The fourth-order valence-electron chi connectivity index (χ4n) is 1.29. The molecular weight excluding hydrogens is 314 g/mol. The Balaban J connectivity index is 2.29. The first-order chi connectivity index (χ1) is 7.58. The van der Waals surface area contributed by atoms with Crippen molar-refractivity contribution >= 4 is 50.3 Å². The fraction of sp³-hybridized carbons (Fsp3) is 0.200. The number of hydrogen-bond donors (Lipinski definition) is 1. The summed E-state index contributed by atoms with van der Waals surface area (Å²) in [4.78, 5) is 14.9. The Labute approximate surface area is 110 Å². The van der Waals surface area contributed by atoms with E-state index in [-0.39, 0.29) is 0 Å². The Morgan fingerprint density at radius 2 is 2.38 bits per heavy atom. The maximum absolute atomic E-state index is 10.7. The van der Waals surface area contributed by atoms with E-state index in [2.05, 4.69) is 20.9 Å². The van der Waals surface area contributed by atoms with Crippen molar-refractivity contribution in [1.82, 2.24) is 0 Å². The Kier molecular flexibility index (Phi) is 3.56. The normalized spacial score (nSPS) is 19.6. The topological polar surface area (TPSA) is 49.7 Å². The zero-order valence-electron chi connectivity index (χ0n) is 7.98. The minimum absolute atomic E-state index is 0.491. The van der Waals surface area contributed by atoms with Crippen LogP contribution in [0.2, 0.25) is 5.02 Å². The molecule has 0 fully saturated rings. The predicted molar refractivity (Wildman–Crippen MR) is 69.6 cm³/mol. The van der Waals surface area contributed by atoms with Crippen LogP contribution in [-0.2, 0) is 4.79 Å². The first kappa shape index (κ1) is 12.0. The molecule has 84 valence electrons. The number of carbonyl (C=O) groups is 1. The molecule has 1 heterocycles. The first-order valence-electron chi connectivity index (χ1n) is 4.47. The van der Waals surface area contributed by atoms with Crippen molar-refractivity contribution in [1.29, 1.82) is 0 Å². The van der Waals surface area contributed by atoms with Gasteiger partial charge in [-0.05, 0) is 28.1 Å². The van der Waals surface area contributed by atoms with Crippen molar-refractivity contribution < 1.29 is 9.90 Å². The van der Waals surface area contributed by atoms with Crippen LogP contribution in [0.15, 0.2) is 27.7 Å². The lowest BCUT2D eigenvalue weighted by atomic mass is 10.2. The zero-order valence-corrected chi connectivity index (χ0v) is 11.1. The van der Waals surface area contributed by atoms with Crippen LogP contribution in [0.4, 0.5) is 0 Å². The van der Waals surface area contributed by atoms with Gasteiger partial charge in [0.15, 0.2) is 6.04 Å². The van der Waals surface area contributed by atoms with Crippen LogP contribution >= 0.6 is 39.3 Å². The quantitative estimate of drug-likeness (QED) is 0.911. The van der Waals surface area contributed by atoms with Gasteiger partial charge in [-0.15, -0.1) is 11.8 Å². The van der Waals surface area contributed by atoms with Crippen molar-refractivity contribution in [2.75, 3.05) is 5.75 Å². The van der Waals surface area contributed by atoms with E-state index in [0.717, 1.165) is 15.1 Å². The van der Waals surface area contributed by atoms with Crippen molar-refractivity contribution in [3.05, 3.63) is 33.3 Å². The molecule has 3 nitrogen and oxygen atoms in total. The Bertz CT molecular complexity index is 478. The molecule has 6 heteroatoms. The van der Waals surface area contributed by atoms with Gasteiger partial charge in [-0.1, -0.05) is 17.7 Å². The van der Waals surface area contributed by atoms with Gasteiger partial charge >= 0.3 is 5.97 Å². The highest BCUT2D eigenvalue weighted by molar-refractivity contribution is 9.10. The second-order valence-corrected chi connectivity index (χ2v) is 5.50. The molecule has 0 bridgehead atoms. The molecule has 0 saturated carbocycles. The predicted octanol–water partition coefficient (Wildman–Crippen LogP) is 3.05. The largest absolute Gasteiger partial charge is 0.480 e. The summed E-state index contributed by atoms with van der Waals surface area (Å²) in [6, 6.07) is 4.81. The van der Waals surface area contributed by atoms with Crippen LogP contribution in [0.25, 0.3) is 0 Å². The second-order valence-electron chi connectivity index (χ2n) is 3.23. The molecule has 2 rings (SSSR count). The molecule has 0 saturated heterocycles. The van der Waals surface area contributed by atoms with Gasteiger partial charge < -0.3 is 5.11 Å². The molecule has 0 aromatic heterocycles. The van der Waals surface area contributed by atoms with Crippen molar-refractivity contribution in [3.63, 3.8) is 0 Å². The average Bonchev–Trinajstić information content (AvgIpc) is 2.71. The van der Waals surface area contributed by atoms with Gasteiger partial charge in [0, 0.05) is 15.8 Å². The molecule has 0 radical (unpaired) electrons. The Hall–Kier alpha value is -0.520. The number of aliphatic carboxylic acids is 1. The summed E-state index contributed by atoms with van der Waals surface area (Å²) < 4.78 is 0.786. The summed E-state index contributed by atoms with van der Waals surface area (Å²) in [5.74, 6) is -0.388. The van der Waals surface area contributed by atoms with Crippen molar-refractivity contribution in [2.45, 2.75) is 6.04 Å². The fourth-order valence-corrected chi connectivity index (χ4v) is 2.81. The maximum Gasteiger partial charge on any atom is 0.329 e. The molecule has 1 aliphatic rings. The first-order valence-corrected chi connectivity index (χ1v) is 6.62. The highest BCUT2D eigenvalue weighted by Gasteiger charge is 2.25. The van der Waals surface area contributed by atoms with Crippen LogP contribution in [-0.4, -0.2) is 27.9 Å². The zero-order chi connectivity index (χ0) is 11.7. The molecule has 0 amide bonds. The molecule has 1 aromatic carbocycles. The van der Waals surface area contributed by atoms with Crippen molar-refractivity contribution in [3.8, 4) is 0 Å². The summed E-state index contributed by atoms with van der Waals surface area (Å²) in [5, 5.41) is 10.2. The van der Waals surface area contributed by atoms with Gasteiger partial charge in [0.25, 0.3) is 0 Å². The minimum Gasteiger partial charge on any atom is -0.480 e. The summed E-state index contributed by atoms with van der Waals surface area (Å²) in [6.45, 7) is 0. The van der Waals surface area contributed by atoms with E-state index in [9.17, 15) is 4.79 Å². The second kappa shape index (κ2) is 4.77. The van der Waals surface area contributed by atoms with E-state index >= 15 is 0 Å². The third-order valence-corrected chi connectivity index (χ3v) is 4.41. The van der Waals surface area contributed by atoms with E-state index in [1.165, 1.54) is 11.8 Å². The number of hydrogen-bond acceptors (Lipinski definition) is 3. The van der Waals surface area contributed by atoms with Crippen LogP contribution < -0.4 is 0 Å². The van der Waals surface area contributed by atoms with Crippen molar-refractivity contribution in [2.24, 2.45) is 4.99 Å². The molecule has 16 heavy (non-hydrogen) atoms. The highest BCUT2D eigenvalue weighted by Crippen LogP contribution is 2.28. The highest BCUT2D eigenvalue weighted by atomic mass is 79.9. The molecular formula is C10H7BrClNO2S. The average molecular weight is 321 g/mol. The molecule has 1 N–H and O–H groups in total. The summed E-state index contributed by atoms with van der Waals surface area (Å²) in [5.41, 5.74) is 0.894. The van der Waals surface area contributed by atoms with Crippen LogP contribution in [0.3, 0.4) is 0 Å². The Morgan fingerprint density at radius 3 is 2.94 bits per heavy atom. The lowest BCUT2D eigenvalue weighted by Gasteiger charge is -2.01. The third kappa shape index (κ3) is 2.42. The minimum atomic E-state index is -0.879. The van der Waals surface area contributed by atoms with E-state index in [1.54, 1.807) is 6.07 Å². The number of carboxylic acids is 1. The van der Waals surface area contributed by atoms with Gasteiger partial charge in [0.1, 0.15) is 0 Å². The summed E-state index contributed by atoms with van der Waals surface area (Å²) in [7, 11) is 0. The molecule has 1 atom stereocenters.